The number of thiazole rings is 1. The van der Waals surface area contributed by atoms with Crippen LogP contribution in [0.15, 0.2) is 41.8 Å². The number of thiophene rings is 1. The van der Waals surface area contributed by atoms with Crippen LogP contribution in [0.4, 0.5) is 4.39 Å². The Morgan fingerprint density at radius 3 is 3.00 bits per heavy atom. The number of fused-ring (bicyclic) bond motifs is 3. The number of hydrogen-bond acceptors (Lipinski definition) is 5. The van der Waals surface area contributed by atoms with E-state index in [0.717, 1.165) is 25.3 Å². The van der Waals surface area contributed by atoms with E-state index in [1.165, 1.54) is 6.07 Å². The maximum absolute atomic E-state index is 13.6. The summed E-state index contributed by atoms with van der Waals surface area (Å²) >= 11 is 3.21. The van der Waals surface area contributed by atoms with Gasteiger partial charge in [0.1, 0.15) is 11.6 Å². The van der Waals surface area contributed by atoms with Gasteiger partial charge in [0, 0.05) is 23.6 Å². The van der Waals surface area contributed by atoms with Gasteiger partial charge in [0.05, 0.1) is 19.9 Å². The van der Waals surface area contributed by atoms with Gasteiger partial charge in [-0.15, -0.1) is 22.7 Å². The van der Waals surface area contributed by atoms with Crippen molar-refractivity contribution in [1.82, 2.24) is 10.3 Å². The van der Waals surface area contributed by atoms with Crippen molar-refractivity contribution in [3.8, 4) is 5.75 Å². The zero-order valence-electron chi connectivity index (χ0n) is 13.9. The molecule has 0 atom stereocenters. The van der Waals surface area contributed by atoms with Crippen molar-refractivity contribution in [3.05, 3.63) is 58.2 Å². The molecule has 2 aromatic heterocycles. The standard InChI is InChI=1S/C19H15FN2O2S2/c1-11-22-18-16(26-11)8-15(13-6-7-25-19(13)18)24-10-17(23)21-9-12-4-2-3-5-14(12)20/h2-8H,9-10H2,1H3,(H,21,23). The number of amides is 1. The second kappa shape index (κ2) is 7.01. The van der Waals surface area contributed by atoms with Gasteiger partial charge in [-0.25, -0.2) is 9.37 Å². The molecule has 0 saturated heterocycles. The molecule has 4 rings (SSSR count). The van der Waals surface area contributed by atoms with Gasteiger partial charge in [-0.2, -0.15) is 0 Å². The number of halogens is 1. The average molecular weight is 386 g/mol. The second-order valence-electron chi connectivity index (χ2n) is 5.77. The van der Waals surface area contributed by atoms with Gasteiger partial charge in [0.25, 0.3) is 5.91 Å². The fourth-order valence-electron chi connectivity index (χ4n) is 2.74. The summed E-state index contributed by atoms with van der Waals surface area (Å²) in [5, 5.41) is 6.62. The molecule has 1 N–H and O–H groups in total. The summed E-state index contributed by atoms with van der Waals surface area (Å²) in [5.41, 5.74) is 1.43. The quantitative estimate of drug-likeness (QED) is 0.543. The minimum absolute atomic E-state index is 0.122. The lowest BCUT2D eigenvalue weighted by Crippen LogP contribution is -2.28. The Morgan fingerprint density at radius 1 is 1.31 bits per heavy atom. The monoisotopic (exact) mass is 386 g/mol. The number of aromatic nitrogens is 1. The first-order chi connectivity index (χ1) is 12.6. The Balaban J connectivity index is 1.47. The van der Waals surface area contributed by atoms with Crippen molar-refractivity contribution in [2.45, 2.75) is 13.5 Å². The fourth-order valence-corrected chi connectivity index (χ4v) is 4.57. The molecule has 0 fully saturated rings. The molecule has 0 aliphatic carbocycles. The summed E-state index contributed by atoms with van der Waals surface area (Å²) in [5.74, 6) is 0.0374. The molecule has 0 aliphatic rings. The van der Waals surface area contributed by atoms with Crippen LogP contribution in [0.25, 0.3) is 20.3 Å². The molecule has 0 spiro atoms. The van der Waals surface area contributed by atoms with Crippen LogP contribution in [0, 0.1) is 12.7 Å². The van der Waals surface area contributed by atoms with Crippen LogP contribution in [0.1, 0.15) is 10.6 Å². The molecule has 0 unspecified atom stereocenters. The average Bonchev–Trinajstić information content (AvgIpc) is 3.24. The molecule has 0 bridgehead atoms. The minimum atomic E-state index is -0.334. The van der Waals surface area contributed by atoms with E-state index in [1.54, 1.807) is 40.9 Å². The number of nitrogens with one attached hydrogen (secondary N) is 1. The van der Waals surface area contributed by atoms with Crippen LogP contribution < -0.4 is 10.1 Å². The highest BCUT2D eigenvalue weighted by molar-refractivity contribution is 7.21. The number of rotatable bonds is 5. The van der Waals surface area contributed by atoms with Gasteiger partial charge in [0.2, 0.25) is 0 Å². The van der Waals surface area contributed by atoms with Gasteiger partial charge >= 0.3 is 0 Å². The topological polar surface area (TPSA) is 51.2 Å². The van der Waals surface area contributed by atoms with E-state index in [2.05, 4.69) is 10.3 Å². The second-order valence-corrected chi connectivity index (χ2v) is 7.93. The van der Waals surface area contributed by atoms with E-state index >= 15 is 0 Å². The van der Waals surface area contributed by atoms with E-state index in [0.29, 0.717) is 11.3 Å². The molecule has 0 aliphatic heterocycles. The Hall–Kier alpha value is -2.51. The summed E-state index contributed by atoms with van der Waals surface area (Å²) < 4.78 is 21.5. The third kappa shape index (κ3) is 3.27. The Morgan fingerprint density at radius 2 is 2.15 bits per heavy atom. The first kappa shape index (κ1) is 16.9. The van der Waals surface area contributed by atoms with Crippen molar-refractivity contribution in [2.24, 2.45) is 0 Å². The largest absolute Gasteiger partial charge is 0.483 e. The van der Waals surface area contributed by atoms with Gasteiger partial charge in [0.15, 0.2) is 6.61 Å². The molecule has 7 heteroatoms. The van der Waals surface area contributed by atoms with E-state index in [4.69, 9.17) is 4.74 Å². The van der Waals surface area contributed by atoms with Crippen LogP contribution in [-0.2, 0) is 11.3 Å². The van der Waals surface area contributed by atoms with Crippen molar-refractivity contribution in [3.63, 3.8) is 0 Å². The number of aryl methyl sites for hydroxylation is 1. The third-order valence-corrected chi connectivity index (χ3v) is 5.80. The summed E-state index contributed by atoms with van der Waals surface area (Å²) in [6.45, 7) is 1.99. The summed E-state index contributed by atoms with van der Waals surface area (Å²) in [7, 11) is 0. The van der Waals surface area contributed by atoms with Gasteiger partial charge < -0.3 is 10.1 Å². The molecule has 4 aromatic rings. The van der Waals surface area contributed by atoms with Crippen molar-refractivity contribution in [2.75, 3.05) is 6.61 Å². The lowest BCUT2D eigenvalue weighted by molar-refractivity contribution is -0.123. The third-order valence-electron chi connectivity index (χ3n) is 3.96. The number of benzene rings is 2. The van der Waals surface area contributed by atoms with Gasteiger partial charge in [-0.3, -0.25) is 4.79 Å². The van der Waals surface area contributed by atoms with E-state index in [-0.39, 0.29) is 24.9 Å². The summed E-state index contributed by atoms with van der Waals surface area (Å²) in [6.07, 6.45) is 0. The number of hydrogen-bond donors (Lipinski definition) is 1. The minimum Gasteiger partial charge on any atom is -0.483 e. The summed E-state index contributed by atoms with van der Waals surface area (Å²) in [6, 6.07) is 10.3. The number of carbonyl (C=O) groups is 1. The first-order valence-electron chi connectivity index (χ1n) is 8.02. The van der Waals surface area contributed by atoms with E-state index < -0.39 is 0 Å². The molecular formula is C19H15FN2O2S2. The fraction of sp³-hybridized carbons (Fsp3) is 0.158. The highest BCUT2D eigenvalue weighted by atomic mass is 32.1. The van der Waals surface area contributed by atoms with Crippen molar-refractivity contribution < 1.29 is 13.9 Å². The summed E-state index contributed by atoms with van der Waals surface area (Å²) in [4.78, 5) is 16.7. The molecule has 26 heavy (non-hydrogen) atoms. The number of carbonyl (C=O) groups excluding carboxylic acids is 1. The van der Waals surface area contributed by atoms with Crippen LogP contribution in [0.2, 0.25) is 0 Å². The molecule has 1 amide bonds. The maximum atomic E-state index is 13.6. The SMILES string of the molecule is Cc1nc2c(cc(OCC(=O)NCc3ccccc3F)c3ccsc32)s1. The Bertz CT molecular complexity index is 1100. The highest BCUT2D eigenvalue weighted by Crippen LogP contribution is 2.38. The lowest BCUT2D eigenvalue weighted by atomic mass is 10.2. The highest BCUT2D eigenvalue weighted by Gasteiger charge is 2.13. The van der Waals surface area contributed by atoms with E-state index in [9.17, 15) is 9.18 Å². The predicted octanol–water partition coefficient (Wildman–Crippen LogP) is 4.65. The van der Waals surface area contributed by atoms with Crippen LogP contribution in [0.5, 0.6) is 5.75 Å². The lowest BCUT2D eigenvalue weighted by Gasteiger charge is -2.09. The molecular weight excluding hydrogens is 371 g/mol. The van der Waals surface area contributed by atoms with Crippen molar-refractivity contribution in [1.29, 1.82) is 0 Å². The van der Waals surface area contributed by atoms with Crippen LogP contribution in [0.3, 0.4) is 0 Å². The molecule has 0 saturated carbocycles. The molecule has 0 radical (unpaired) electrons. The number of nitrogens with zero attached hydrogens (tertiary/aromatic N) is 1. The predicted molar refractivity (Wildman–Crippen MR) is 103 cm³/mol. The van der Waals surface area contributed by atoms with Crippen molar-refractivity contribution >= 4 is 48.9 Å². The smallest absolute Gasteiger partial charge is 0.258 e. The van der Waals surface area contributed by atoms with Crippen LogP contribution >= 0.6 is 22.7 Å². The molecule has 132 valence electrons. The maximum Gasteiger partial charge on any atom is 0.258 e. The van der Waals surface area contributed by atoms with Gasteiger partial charge in [-0.1, -0.05) is 18.2 Å². The first-order valence-corrected chi connectivity index (χ1v) is 9.71. The number of ether oxygens (including phenoxy) is 1. The Labute approximate surface area is 157 Å². The Kier molecular flexibility index (Phi) is 4.57. The zero-order valence-corrected chi connectivity index (χ0v) is 15.5. The van der Waals surface area contributed by atoms with Crippen LogP contribution in [-0.4, -0.2) is 17.5 Å². The zero-order chi connectivity index (χ0) is 18.1. The molecule has 2 heterocycles. The normalized spacial score (nSPS) is 11.2. The molecule has 2 aromatic carbocycles. The van der Waals surface area contributed by atoms with E-state index in [1.807, 2.05) is 24.4 Å². The van der Waals surface area contributed by atoms with Gasteiger partial charge in [-0.05, 0) is 24.4 Å². The molecule has 4 nitrogen and oxygen atoms in total.